The molecule has 1 aromatic heterocycles. The minimum Gasteiger partial charge on any atom is -0.495 e. The zero-order valence-electron chi connectivity index (χ0n) is 22.0. The Hall–Kier alpha value is -4.06. The van der Waals surface area contributed by atoms with Crippen molar-refractivity contribution in [3.05, 3.63) is 64.9 Å². The van der Waals surface area contributed by atoms with Crippen LogP contribution in [0.25, 0.3) is 0 Å². The number of nitrogens with zero attached hydrogens (tertiary/aromatic N) is 4. The largest absolute Gasteiger partial charge is 0.495 e. The molecule has 0 saturated carbocycles. The summed E-state index contributed by atoms with van der Waals surface area (Å²) in [6.07, 6.45) is 2.47. The van der Waals surface area contributed by atoms with Gasteiger partial charge in [-0.05, 0) is 23.8 Å². The molecule has 1 heterocycles. The number of amides is 3. The number of halogens is 2. The number of carbonyl (C=O) groups excluding carboxylic acids is 2. The molecule has 11 nitrogen and oxygen atoms in total. The van der Waals surface area contributed by atoms with Gasteiger partial charge < -0.3 is 24.8 Å². The van der Waals surface area contributed by atoms with Crippen LogP contribution in [0.4, 0.5) is 33.5 Å². The summed E-state index contributed by atoms with van der Waals surface area (Å²) in [5, 5.41) is 6.19. The van der Waals surface area contributed by atoms with Crippen LogP contribution >= 0.6 is 23.2 Å². The first kappa shape index (κ1) is 29.5. The van der Waals surface area contributed by atoms with Crippen LogP contribution in [0.5, 0.6) is 11.5 Å². The van der Waals surface area contributed by atoms with Gasteiger partial charge >= 0.3 is 6.03 Å². The highest BCUT2D eigenvalue weighted by molar-refractivity contribution is 6.42. The highest BCUT2D eigenvalue weighted by Crippen LogP contribution is 2.46. The van der Waals surface area contributed by atoms with Crippen molar-refractivity contribution in [1.29, 1.82) is 0 Å². The monoisotopic (exact) mass is 574 g/mol. The van der Waals surface area contributed by atoms with E-state index in [2.05, 4.69) is 27.2 Å². The number of aromatic nitrogens is 2. The van der Waals surface area contributed by atoms with Gasteiger partial charge in [-0.1, -0.05) is 35.8 Å². The number of hydrogen-bond acceptors (Lipinski definition) is 8. The van der Waals surface area contributed by atoms with Crippen LogP contribution in [-0.2, 0) is 16.1 Å². The second-order valence-corrected chi connectivity index (χ2v) is 8.81. The van der Waals surface area contributed by atoms with Gasteiger partial charge in [0.25, 0.3) is 0 Å². The lowest BCUT2D eigenvalue weighted by Crippen LogP contribution is -2.39. The fourth-order valence-corrected chi connectivity index (χ4v) is 4.32. The highest BCUT2D eigenvalue weighted by atomic mass is 35.5. The van der Waals surface area contributed by atoms with Crippen molar-refractivity contribution in [2.45, 2.75) is 6.61 Å². The lowest BCUT2D eigenvalue weighted by molar-refractivity contribution is -0.111. The van der Waals surface area contributed by atoms with E-state index in [1.54, 1.807) is 32.4 Å². The number of ether oxygens (including phenoxy) is 3. The van der Waals surface area contributed by atoms with E-state index >= 15 is 0 Å². The SMILES string of the molecule is C=CC(=O)Nc1cc(COC)ccc1Nc1cc(N(C)C(=O)N(C)c2c(Cl)c(OC)cc(OC)c2Cl)ncn1. The summed E-state index contributed by atoms with van der Waals surface area (Å²) in [7, 11) is 7.53. The second kappa shape index (κ2) is 13.1. The number of hydrogen-bond donors (Lipinski definition) is 2. The third-order valence-electron chi connectivity index (χ3n) is 5.56. The molecule has 0 bridgehead atoms. The predicted octanol–water partition coefficient (Wildman–Crippen LogP) is 5.51. The molecule has 0 unspecified atom stereocenters. The van der Waals surface area contributed by atoms with E-state index in [-0.39, 0.29) is 27.5 Å². The van der Waals surface area contributed by atoms with Gasteiger partial charge in [0.2, 0.25) is 5.91 Å². The second-order valence-electron chi connectivity index (χ2n) is 8.05. The molecule has 0 saturated heterocycles. The Kier molecular flexibility index (Phi) is 9.94. The number of nitrogens with one attached hydrogen (secondary N) is 2. The zero-order chi connectivity index (χ0) is 28.7. The van der Waals surface area contributed by atoms with Gasteiger partial charge in [-0.15, -0.1) is 0 Å². The molecular formula is C26H28Cl2N6O5. The summed E-state index contributed by atoms with van der Waals surface area (Å²) in [5.41, 5.74) is 2.11. The van der Waals surface area contributed by atoms with Crippen molar-refractivity contribution in [1.82, 2.24) is 9.97 Å². The average Bonchev–Trinajstić information content (AvgIpc) is 2.94. The summed E-state index contributed by atoms with van der Waals surface area (Å²) >= 11 is 13.0. The smallest absolute Gasteiger partial charge is 0.329 e. The Labute approximate surface area is 236 Å². The first-order valence-corrected chi connectivity index (χ1v) is 12.2. The van der Waals surface area contributed by atoms with Crippen LogP contribution in [0.3, 0.4) is 0 Å². The molecular weight excluding hydrogens is 547 g/mol. The lowest BCUT2D eigenvalue weighted by atomic mass is 10.1. The van der Waals surface area contributed by atoms with Gasteiger partial charge in [0.05, 0.1) is 37.9 Å². The van der Waals surface area contributed by atoms with E-state index in [4.69, 9.17) is 37.4 Å². The van der Waals surface area contributed by atoms with Gasteiger partial charge in [0.15, 0.2) is 0 Å². The van der Waals surface area contributed by atoms with Crippen LogP contribution in [0.1, 0.15) is 5.56 Å². The summed E-state index contributed by atoms with van der Waals surface area (Å²) < 4.78 is 15.8. The lowest BCUT2D eigenvalue weighted by Gasteiger charge is -2.27. The van der Waals surface area contributed by atoms with Crippen molar-refractivity contribution >= 4 is 63.8 Å². The van der Waals surface area contributed by atoms with E-state index in [1.807, 2.05) is 6.07 Å². The number of benzene rings is 2. The number of anilines is 5. The topological polar surface area (TPSA) is 118 Å². The molecule has 0 spiro atoms. The molecule has 0 aliphatic rings. The molecule has 2 N–H and O–H groups in total. The predicted molar refractivity (Wildman–Crippen MR) is 153 cm³/mol. The van der Waals surface area contributed by atoms with E-state index < -0.39 is 6.03 Å². The maximum Gasteiger partial charge on any atom is 0.329 e. The molecule has 3 rings (SSSR count). The third kappa shape index (κ3) is 6.69. The Bertz CT molecular complexity index is 1360. The zero-order valence-corrected chi connectivity index (χ0v) is 23.6. The summed E-state index contributed by atoms with van der Waals surface area (Å²) in [4.78, 5) is 36.4. The van der Waals surface area contributed by atoms with E-state index in [0.29, 0.717) is 35.3 Å². The number of urea groups is 1. The third-order valence-corrected chi connectivity index (χ3v) is 6.29. The molecule has 0 radical (unpaired) electrons. The molecule has 39 heavy (non-hydrogen) atoms. The first-order valence-electron chi connectivity index (χ1n) is 11.4. The Morgan fingerprint density at radius 2 is 1.64 bits per heavy atom. The first-order chi connectivity index (χ1) is 18.6. The quantitative estimate of drug-likeness (QED) is 0.304. The van der Waals surface area contributed by atoms with E-state index in [9.17, 15) is 9.59 Å². The van der Waals surface area contributed by atoms with Crippen molar-refractivity contribution in [2.24, 2.45) is 0 Å². The molecule has 0 fully saturated rings. The van der Waals surface area contributed by atoms with Crippen molar-refractivity contribution in [3.63, 3.8) is 0 Å². The van der Waals surface area contributed by atoms with E-state index in [0.717, 1.165) is 5.56 Å². The molecule has 2 aromatic carbocycles. The van der Waals surface area contributed by atoms with Gasteiger partial charge in [-0.25, -0.2) is 14.8 Å². The molecule has 0 aliphatic heterocycles. The van der Waals surface area contributed by atoms with Crippen molar-refractivity contribution in [3.8, 4) is 11.5 Å². The minimum absolute atomic E-state index is 0.142. The van der Waals surface area contributed by atoms with Crippen LogP contribution < -0.4 is 29.9 Å². The van der Waals surface area contributed by atoms with Gasteiger partial charge in [0, 0.05) is 33.3 Å². The highest BCUT2D eigenvalue weighted by Gasteiger charge is 2.27. The number of methoxy groups -OCH3 is 3. The Morgan fingerprint density at radius 1 is 0.974 bits per heavy atom. The van der Waals surface area contributed by atoms with Crippen LogP contribution in [0.15, 0.2) is 49.3 Å². The molecule has 13 heteroatoms. The summed E-state index contributed by atoms with van der Waals surface area (Å²) in [5.74, 6) is 0.851. The maximum absolute atomic E-state index is 13.4. The number of rotatable bonds is 10. The molecule has 3 amide bonds. The van der Waals surface area contributed by atoms with Crippen molar-refractivity contribution < 1.29 is 23.8 Å². The Balaban J connectivity index is 1.90. The Morgan fingerprint density at radius 3 is 2.23 bits per heavy atom. The summed E-state index contributed by atoms with van der Waals surface area (Å²) in [6.45, 7) is 3.86. The fourth-order valence-electron chi connectivity index (χ4n) is 3.57. The molecule has 0 aliphatic carbocycles. The fraction of sp³-hybridized carbons (Fsp3) is 0.231. The van der Waals surface area contributed by atoms with Gasteiger partial charge in [-0.3, -0.25) is 14.6 Å². The normalized spacial score (nSPS) is 10.4. The molecule has 3 aromatic rings. The van der Waals surface area contributed by atoms with Crippen molar-refractivity contribution in [2.75, 3.05) is 55.9 Å². The number of carbonyl (C=O) groups is 2. The summed E-state index contributed by atoms with van der Waals surface area (Å²) in [6, 6.07) is 8.00. The molecule has 206 valence electrons. The molecule has 0 atom stereocenters. The maximum atomic E-state index is 13.4. The van der Waals surface area contributed by atoms with E-state index in [1.165, 1.54) is 49.5 Å². The van der Waals surface area contributed by atoms with Gasteiger partial charge in [0.1, 0.15) is 39.5 Å². The van der Waals surface area contributed by atoms with Gasteiger partial charge in [-0.2, -0.15) is 0 Å². The van der Waals surface area contributed by atoms with Crippen LogP contribution in [0, 0.1) is 0 Å². The van der Waals surface area contributed by atoms with Crippen LogP contribution in [0.2, 0.25) is 10.0 Å². The van der Waals surface area contributed by atoms with Crippen LogP contribution in [-0.4, -0.2) is 57.3 Å². The standard InChI is InChI=1S/C26H28Cl2N6O5/c1-7-22(35)32-17-10-15(13-37-4)8-9-16(17)31-20-12-21(30-14-29-20)33(2)26(36)34(3)25-23(27)18(38-5)11-19(39-6)24(25)28/h7-12,14H,1,13H2,2-6H3,(H,32,35)(H,29,30,31). The average molecular weight is 575 g/mol. The minimum atomic E-state index is -0.499.